The second-order valence-electron chi connectivity index (χ2n) is 6.43. The van der Waals surface area contributed by atoms with Gasteiger partial charge in [0, 0.05) is 12.1 Å². The lowest BCUT2D eigenvalue weighted by molar-refractivity contribution is -0.142. The maximum absolute atomic E-state index is 13.4. The number of benzene rings is 1. The van der Waals surface area contributed by atoms with Gasteiger partial charge in [-0.25, -0.2) is 4.39 Å². The predicted molar refractivity (Wildman–Crippen MR) is 81.6 cm³/mol. The van der Waals surface area contributed by atoms with Crippen LogP contribution in [0.5, 0.6) is 5.75 Å². The molecule has 2 fully saturated rings. The summed E-state index contributed by atoms with van der Waals surface area (Å²) in [5.41, 5.74) is 0.806. The molecule has 0 amide bonds. The molecule has 2 N–H and O–H groups in total. The number of ether oxygens (including phenoxy) is 1. The minimum Gasteiger partial charge on any atom is -0.491 e. The fourth-order valence-electron chi connectivity index (χ4n) is 2.93. The fraction of sp³-hybridized carbons (Fsp3) is 0.588. The highest BCUT2D eigenvalue weighted by Gasteiger charge is 2.27. The van der Waals surface area contributed by atoms with Crippen LogP contribution in [0.25, 0.3) is 0 Å². The van der Waals surface area contributed by atoms with Crippen molar-refractivity contribution in [3.8, 4) is 5.75 Å². The van der Waals surface area contributed by atoms with Crippen molar-refractivity contribution in [1.82, 2.24) is 0 Å². The number of carbonyl (C=O) groups is 1. The molecule has 0 radical (unpaired) electrons. The topological polar surface area (TPSA) is 58.6 Å². The number of halogens is 1. The zero-order valence-electron chi connectivity index (χ0n) is 12.6. The van der Waals surface area contributed by atoms with E-state index < -0.39 is 5.97 Å². The highest BCUT2D eigenvalue weighted by Crippen LogP contribution is 2.34. The Balaban J connectivity index is 1.60. The van der Waals surface area contributed by atoms with E-state index in [2.05, 4.69) is 5.32 Å². The number of aliphatic carboxylic acids is 1. The summed E-state index contributed by atoms with van der Waals surface area (Å²) in [4.78, 5) is 11.0. The van der Waals surface area contributed by atoms with Gasteiger partial charge in [-0.05, 0) is 56.6 Å². The van der Waals surface area contributed by atoms with Gasteiger partial charge in [0.1, 0.15) is 11.6 Å². The largest absolute Gasteiger partial charge is 0.491 e. The highest BCUT2D eigenvalue weighted by molar-refractivity contribution is 5.70. The van der Waals surface area contributed by atoms with Gasteiger partial charge in [0.15, 0.2) is 0 Å². The molecule has 1 aromatic carbocycles. The molecule has 0 unspecified atom stereocenters. The lowest BCUT2D eigenvalue weighted by Gasteiger charge is -2.28. The van der Waals surface area contributed by atoms with Gasteiger partial charge in [0.2, 0.25) is 0 Å². The minimum absolute atomic E-state index is 0.225. The standard InChI is InChI=1S/C17H22FNO3/c18-13-5-8-15(16(9-13)22-10-11-1-2-11)19-14-6-3-12(4-7-14)17(20)21/h5,8-9,11-12,14,19H,1-4,6-7,10H2,(H,20,21). The van der Waals surface area contributed by atoms with Crippen LogP contribution in [-0.2, 0) is 4.79 Å². The Morgan fingerprint density at radius 1 is 1.23 bits per heavy atom. The van der Waals surface area contributed by atoms with Gasteiger partial charge in [-0.1, -0.05) is 0 Å². The minimum atomic E-state index is -0.700. The molecule has 22 heavy (non-hydrogen) atoms. The molecular weight excluding hydrogens is 285 g/mol. The molecule has 0 bridgehead atoms. The lowest BCUT2D eigenvalue weighted by Crippen LogP contribution is -2.29. The van der Waals surface area contributed by atoms with E-state index in [9.17, 15) is 9.18 Å². The molecule has 2 aliphatic carbocycles. The normalized spacial score (nSPS) is 24.8. The van der Waals surface area contributed by atoms with Gasteiger partial charge in [-0.3, -0.25) is 4.79 Å². The summed E-state index contributed by atoms with van der Waals surface area (Å²) in [5, 5.41) is 12.4. The van der Waals surface area contributed by atoms with Crippen LogP contribution in [0.3, 0.4) is 0 Å². The number of nitrogens with one attached hydrogen (secondary N) is 1. The van der Waals surface area contributed by atoms with E-state index in [1.54, 1.807) is 6.07 Å². The summed E-state index contributed by atoms with van der Waals surface area (Å²) in [6, 6.07) is 4.79. The van der Waals surface area contributed by atoms with Crippen LogP contribution in [0.4, 0.5) is 10.1 Å². The monoisotopic (exact) mass is 307 g/mol. The summed E-state index contributed by atoms with van der Waals surface area (Å²) in [6.07, 6.45) is 5.39. The quantitative estimate of drug-likeness (QED) is 0.842. The van der Waals surface area contributed by atoms with Crippen molar-refractivity contribution in [2.45, 2.75) is 44.6 Å². The van der Waals surface area contributed by atoms with E-state index in [-0.39, 0.29) is 17.8 Å². The summed E-state index contributed by atoms with van der Waals surface area (Å²) in [5.74, 6) is -0.0501. The Kier molecular flexibility index (Phi) is 4.50. The molecule has 4 nitrogen and oxygen atoms in total. The Hall–Kier alpha value is -1.78. The maximum atomic E-state index is 13.4. The number of anilines is 1. The third-order valence-electron chi connectivity index (χ3n) is 4.55. The molecule has 3 rings (SSSR count). The van der Waals surface area contributed by atoms with Crippen LogP contribution >= 0.6 is 0 Å². The van der Waals surface area contributed by atoms with E-state index in [0.717, 1.165) is 18.5 Å². The Morgan fingerprint density at radius 3 is 2.59 bits per heavy atom. The molecule has 2 saturated carbocycles. The van der Waals surface area contributed by atoms with Crippen LogP contribution in [-0.4, -0.2) is 23.7 Å². The highest BCUT2D eigenvalue weighted by atomic mass is 19.1. The first-order valence-electron chi connectivity index (χ1n) is 8.03. The molecule has 0 saturated heterocycles. The number of carboxylic acid groups (broad SMARTS) is 1. The summed E-state index contributed by atoms with van der Waals surface area (Å²) in [7, 11) is 0. The van der Waals surface area contributed by atoms with Crippen LogP contribution < -0.4 is 10.1 Å². The number of rotatable bonds is 6. The SMILES string of the molecule is O=C(O)C1CCC(Nc2ccc(F)cc2OCC2CC2)CC1. The van der Waals surface area contributed by atoms with Crippen LogP contribution in [0.15, 0.2) is 18.2 Å². The van der Waals surface area contributed by atoms with Crippen molar-refractivity contribution in [3.63, 3.8) is 0 Å². The maximum Gasteiger partial charge on any atom is 0.306 e. The Bertz CT molecular complexity index is 537. The van der Waals surface area contributed by atoms with Crippen LogP contribution in [0.1, 0.15) is 38.5 Å². The fourth-order valence-corrected chi connectivity index (χ4v) is 2.93. The summed E-state index contributed by atoms with van der Waals surface area (Å²) < 4.78 is 19.2. The second kappa shape index (κ2) is 6.55. The average molecular weight is 307 g/mol. The first-order chi connectivity index (χ1) is 10.6. The summed E-state index contributed by atoms with van der Waals surface area (Å²) in [6.45, 7) is 0.643. The average Bonchev–Trinajstić information content (AvgIpc) is 3.32. The first kappa shape index (κ1) is 15.1. The molecule has 120 valence electrons. The zero-order valence-corrected chi connectivity index (χ0v) is 12.6. The predicted octanol–water partition coefficient (Wildman–Crippen LogP) is 3.67. The third kappa shape index (κ3) is 3.90. The first-order valence-corrected chi connectivity index (χ1v) is 8.03. The van der Waals surface area contributed by atoms with Crippen molar-refractivity contribution in [3.05, 3.63) is 24.0 Å². The molecule has 0 aromatic heterocycles. The molecule has 0 spiro atoms. The third-order valence-corrected chi connectivity index (χ3v) is 4.55. The van der Waals surface area contributed by atoms with Gasteiger partial charge < -0.3 is 15.2 Å². The van der Waals surface area contributed by atoms with Crippen molar-refractivity contribution in [2.75, 3.05) is 11.9 Å². The van der Waals surface area contributed by atoms with E-state index in [1.807, 2.05) is 0 Å². The van der Waals surface area contributed by atoms with Gasteiger partial charge in [-0.2, -0.15) is 0 Å². The molecule has 0 atom stereocenters. The molecule has 2 aliphatic rings. The van der Waals surface area contributed by atoms with Gasteiger partial charge in [-0.15, -0.1) is 0 Å². The van der Waals surface area contributed by atoms with Gasteiger partial charge in [0.25, 0.3) is 0 Å². The lowest BCUT2D eigenvalue weighted by atomic mass is 9.86. The Morgan fingerprint density at radius 2 is 1.95 bits per heavy atom. The Labute approximate surface area is 129 Å². The van der Waals surface area contributed by atoms with E-state index in [0.29, 0.717) is 31.1 Å². The number of hydrogen-bond acceptors (Lipinski definition) is 3. The van der Waals surface area contributed by atoms with Gasteiger partial charge in [0.05, 0.1) is 18.2 Å². The van der Waals surface area contributed by atoms with E-state index in [1.165, 1.54) is 25.0 Å². The zero-order chi connectivity index (χ0) is 15.5. The molecular formula is C17H22FNO3. The summed E-state index contributed by atoms with van der Waals surface area (Å²) >= 11 is 0. The number of carboxylic acids is 1. The molecule has 0 aliphatic heterocycles. The van der Waals surface area contributed by atoms with Crippen molar-refractivity contribution < 1.29 is 19.0 Å². The smallest absolute Gasteiger partial charge is 0.306 e. The van der Waals surface area contributed by atoms with Crippen LogP contribution in [0.2, 0.25) is 0 Å². The van der Waals surface area contributed by atoms with Crippen molar-refractivity contribution in [2.24, 2.45) is 11.8 Å². The second-order valence-corrected chi connectivity index (χ2v) is 6.43. The number of hydrogen-bond donors (Lipinski definition) is 2. The van der Waals surface area contributed by atoms with E-state index >= 15 is 0 Å². The molecule has 0 heterocycles. The van der Waals surface area contributed by atoms with Crippen molar-refractivity contribution in [1.29, 1.82) is 0 Å². The van der Waals surface area contributed by atoms with Crippen LogP contribution in [0, 0.1) is 17.7 Å². The molecule has 5 heteroatoms. The van der Waals surface area contributed by atoms with Crippen molar-refractivity contribution >= 4 is 11.7 Å². The van der Waals surface area contributed by atoms with Gasteiger partial charge >= 0.3 is 5.97 Å². The molecule has 1 aromatic rings. The van der Waals surface area contributed by atoms with E-state index in [4.69, 9.17) is 9.84 Å².